The molecule has 0 spiro atoms. The van der Waals surface area contributed by atoms with Gasteiger partial charge in [0.25, 0.3) is 0 Å². The number of anilines is 2. The van der Waals surface area contributed by atoms with Crippen molar-refractivity contribution in [1.29, 1.82) is 0 Å². The normalized spacial score (nSPS) is 10.3. The largest absolute Gasteiger partial charge is 0.478 e. The first-order valence-electron chi connectivity index (χ1n) is 6.00. The van der Waals surface area contributed by atoms with Gasteiger partial charge in [0.15, 0.2) is 0 Å². The summed E-state index contributed by atoms with van der Waals surface area (Å²) in [6, 6.07) is 5.02. The zero-order valence-corrected chi connectivity index (χ0v) is 11.4. The fourth-order valence-electron chi connectivity index (χ4n) is 1.63. The standard InChI is InChI=1S/C13H20N2O2S/c1-18-8-4-2-3-7-15-10-5-6-12(14)11(9-10)13(16)17/h5-6,9,15H,2-4,7-8,14H2,1H3,(H,16,17). The first-order valence-corrected chi connectivity index (χ1v) is 7.40. The fourth-order valence-corrected chi connectivity index (χ4v) is 2.13. The van der Waals surface area contributed by atoms with Crippen LogP contribution in [-0.2, 0) is 0 Å². The molecule has 0 saturated heterocycles. The van der Waals surface area contributed by atoms with Gasteiger partial charge >= 0.3 is 5.97 Å². The molecule has 1 aromatic rings. The summed E-state index contributed by atoms with van der Waals surface area (Å²) < 4.78 is 0. The molecule has 4 N–H and O–H groups in total. The van der Waals surface area contributed by atoms with Gasteiger partial charge < -0.3 is 16.2 Å². The van der Waals surface area contributed by atoms with Gasteiger partial charge in [0.1, 0.15) is 0 Å². The molecule has 4 nitrogen and oxygen atoms in total. The predicted octanol–water partition coefficient (Wildman–Crippen LogP) is 2.91. The molecule has 0 atom stereocenters. The van der Waals surface area contributed by atoms with Crippen molar-refractivity contribution in [1.82, 2.24) is 0 Å². The molecule has 0 unspecified atom stereocenters. The van der Waals surface area contributed by atoms with Crippen LogP contribution < -0.4 is 11.1 Å². The molecule has 1 aromatic carbocycles. The minimum absolute atomic E-state index is 0.155. The van der Waals surface area contributed by atoms with Crippen molar-refractivity contribution in [2.75, 3.05) is 29.6 Å². The number of rotatable bonds is 8. The molecule has 1 rings (SSSR count). The molecule has 0 radical (unpaired) electrons. The van der Waals surface area contributed by atoms with E-state index in [-0.39, 0.29) is 5.56 Å². The average molecular weight is 268 g/mol. The number of nitrogens with one attached hydrogen (secondary N) is 1. The number of aromatic carboxylic acids is 1. The van der Waals surface area contributed by atoms with Crippen LogP contribution in [0.1, 0.15) is 29.6 Å². The Morgan fingerprint density at radius 2 is 2.17 bits per heavy atom. The molecule has 0 amide bonds. The van der Waals surface area contributed by atoms with E-state index in [4.69, 9.17) is 10.8 Å². The van der Waals surface area contributed by atoms with E-state index < -0.39 is 5.97 Å². The maximum atomic E-state index is 10.9. The highest BCUT2D eigenvalue weighted by Crippen LogP contribution is 2.18. The molecular formula is C13H20N2O2S. The highest BCUT2D eigenvalue weighted by molar-refractivity contribution is 7.98. The van der Waals surface area contributed by atoms with Crippen molar-refractivity contribution in [3.05, 3.63) is 23.8 Å². The Labute approximate surface area is 112 Å². The van der Waals surface area contributed by atoms with E-state index >= 15 is 0 Å². The summed E-state index contributed by atoms with van der Waals surface area (Å²) in [5.74, 6) is 0.210. The van der Waals surface area contributed by atoms with Crippen LogP contribution in [0, 0.1) is 0 Å². The Kier molecular flexibility index (Phi) is 6.43. The number of carboxylic acid groups (broad SMARTS) is 1. The molecule has 0 fully saturated rings. The van der Waals surface area contributed by atoms with Crippen molar-refractivity contribution >= 4 is 29.1 Å². The van der Waals surface area contributed by atoms with Crippen LogP contribution in [0.5, 0.6) is 0 Å². The van der Waals surface area contributed by atoms with Crippen LogP contribution >= 0.6 is 11.8 Å². The third-order valence-electron chi connectivity index (χ3n) is 2.64. The van der Waals surface area contributed by atoms with Crippen molar-refractivity contribution < 1.29 is 9.90 Å². The average Bonchev–Trinajstić information content (AvgIpc) is 2.35. The van der Waals surface area contributed by atoms with Crippen LogP contribution in [0.25, 0.3) is 0 Å². The van der Waals surface area contributed by atoms with E-state index in [1.54, 1.807) is 12.1 Å². The quantitative estimate of drug-likeness (QED) is 0.499. The Morgan fingerprint density at radius 1 is 1.39 bits per heavy atom. The zero-order valence-electron chi connectivity index (χ0n) is 10.6. The summed E-state index contributed by atoms with van der Waals surface area (Å²) in [6.07, 6.45) is 5.62. The molecule has 0 aliphatic carbocycles. The minimum Gasteiger partial charge on any atom is -0.478 e. The molecule has 5 heteroatoms. The molecular weight excluding hydrogens is 248 g/mol. The van der Waals surface area contributed by atoms with E-state index in [1.165, 1.54) is 18.6 Å². The summed E-state index contributed by atoms with van der Waals surface area (Å²) in [5.41, 5.74) is 6.85. The summed E-state index contributed by atoms with van der Waals surface area (Å²) in [5, 5.41) is 12.2. The predicted molar refractivity (Wildman–Crippen MR) is 78.5 cm³/mol. The second-order valence-electron chi connectivity index (χ2n) is 4.09. The topological polar surface area (TPSA) is 75.3 Å². The van der Waals surface area contributed by atoms with Gasteiger partial charge in [-0.05, 0) is 43.0 Å². The van der Waals surface area contributed by atoms with Crippen LogP contribution in [0.3, 0.4) is 0 Å². The Hall–Kier alpha value is -1.36. The van der Waals surface area contributed by atoms with Crippen molar-refractivity contribution in [3.8, 4) is 0 Å². The number of carbonyl (C=O) groups is 1. The number of carboxylic acids is 1. The number of thioether (sulfide) groups is 1. The monoisotopic (exact) mass is 268 g/mol. The molecule has 100 valence electrons. The summed E-state index contributed by atoms with van der Waals surface area (Å²) >= 11 is 1.86. The molecule has 0 aliphatic heterocycles. The molecule has 0 saturated carbocycles. The number of nitrogens with two attached hydrogens (primary N) is 1. The SMILES string of the molecule is CSCCCCCNc1ccc(N)c(C(=O)O)c1. The zero-order chi connectivity index (χ0) is 13.4. The first-order chi connectivity index (χ1) is 8.65. The van der Waals surface area contributed by atoms with Crippen molar-refractivity contribution in [2.24, 2.45) is 0 Å². The Balaban J connectivity index is 2.38. The smallest absolute Gasteiger partial charge is 0.337 e. The number of hydrogen-bond donors (Lipinski definition) is 3. The maximum absolute atomic E-state index is 10.9. The highest BCUT2D eigenvalue weighted by atomic mass is 32.2. The summed E-state index contributed by atoms with van der Waals surface area (Å²) in [4.78, 5) is 10.9. The number of nitrogen functional groups attached to an aromatic ring is 1. The number of unbranched alkanes of at least 4 members (excludes halogenated alkanes) is 2. The summed E-state index contributed by atoms with van der Waals surface area (Å²) in [7, 11) is 0. The molecule has 18 heavy (non-hydrogen) atoms. The van der Waals surface area contributed by atoms with Gasteiger partial charge in [-0.2, -0.15) is 11.8 Å². The second-order valence-corrected chi connectivity index (χ2v) is 5.07. The summed E-state index contributed by atoms with van der Waals surface area (Å²) in [6.45, 7) is 0.858. The molecule has 0 aliphatic rings. The minimum atomic E-state index is -0.990. The Morgan fingerprint density at radius 3 is 2.83 bits per heavy atom. The van der Waals surface area contributed by atoms with Gasteiger partial charge in [0.05, 0.1) is 5.56 Å². The maximum Gasteiger partial charge on any atom is 0.337 e. The molecule has 0 aromatic heterocycles. The Bertz CT molecular complexity index is 397. The van der Waals surface area contributed by atoms with E-state index in [1.807, 2.05) is 17.8 Å². The number of benzene rings is 1. The third kappa shape index (κ3) is 4.87. The third-order valence-corrected chi connectivity index (χ3v) is 3.33. The fraction of sp³-hybridized carbons (Fsp3) is 0.462. The van der Waals surface area contributed by atoms with Gasteiger partial charge in [0.2, 0.25) is 0 Å². The lowest BCUT2D eigenvalue weighted by Gasteiger charge is -2.08. The van der Waals surface area contributed by atoms with Gasteiger partial charge in [0, 0.05) is 17.9 Å². The lowest BCUT2D eigenvalue weighted by molar-refractivity contribution is 0.0698. The van der Waals surface area contributed by atoms with Gasteiger partial charge in [-0.3, -0.25) is 0 Å². The van der Waals surface area contributed by atoms with Crippen LogP contribution in [-0.4, -0.2) is 29.6 Å². The lowest BCUT2D eigenvalue weighted by atomic mass is 10.1. The molecule has 0 bridgehead atoms. The van der Waals surface area contributed by atoms with Crippen molar-refractivity contribution in [2.45, 2.75) is 19.3 Å². The van der Waals surface area contributed by atoms with E-state index in [0.29, 0.717) is 5.69 Å². The van der Waals surface area contributed by atoms with E-state index in [2.05, 4.69) is 11.6 Å². The lowest BCUT2D eigenvalue weighted by Crippen LogP contribution is -2.06. The van der Waals surface area contributed by atoms with Crippen molar-refractivity contribution in [3.63, 3.8) is 0 Å². The number of hydrogen-bond acceptors (Lipinski definition) is 4. The second kappa shape index (κ2) is 7.87. The van der Waals surface area contributed by atoms with Crippen LogP contribution in [0.4, 0.5) is 11.4 Å². The van der Waals surface area contributed by atoms with Crippen LogP contribution in [0.15, 0.2) is 18.2 Å². The van der Waals surface area contributed by atoms with E-state index in [9.17, 15) is 4.79 Å². The highest BCUT2D eigenvalue weighted by Gasteiger charge is 2.07. The van der Waals surface area contributed by atoms with Gasteiger partial charge in [-0.1, -0.05) is 6.42 Å². The van der Waals surface area contributed by atoms with E-state index in [0.717, 1.165) is 18.7 Å². The first kappa shape index (κ1) is 14.7. The van der Waals surface area contributed by atoms with Crippen LogP contribution in [0.2, 0.25) is 0 Å². The van der Waals surface area contributed by atoms with Gasteiger partial charge in [-0.15, -0.1) is 0 Å². The molecule has 0 heterocycles. The van der Waals surface area contributed by atoms with Gasteiger partial charge in [-0.25, -0.2) is 4.79 Å².